The van der Waals surface area contributed by atoms with Gasteiger partial charge in [0.2, 0.25) is 0 Å². The van der Waals surface area contributed by atoms with Gasteiger partial charge in [0.1, 0.15) is 5.52 Å². The van der Waals surface area contributed by atoms with Crippen LogP contribution in [0.3, 0.4) is 0 Å². The van der Waals surface area contributed by atoms with Crippen molar-refractivity contribution in [2.75, 3.05) is 0 Å². The minimum Gasteiger partial charge on any atom is -0.441 e. The third-order valence-corrected chi connectivity index (χ3v) is 8.43. The fourth-order valence-corrected chi connectivity index (χ4v) is 6.24. The van der Waals surface area contributed by atoms with Gasteiger partial charge in [-0.3, -0.25) is 0 Å². The maximum absolute atomic E-state index is 6.07. The lowest BCUT2D eigenvalue weighted by Crippen LogP contribution is -1.93. The molecule has 0 aliphatic carbocycles. The molecule has 214 valence electrons. The number of aryl methyl sites for hydroxylation is 1. The lowest BCUT2D eigenvalue weighted by atomic mass is 9.88. The van der Waals surface area contributed by atoms with Crippen molar-refractivity contribution in [2.24, 2.45) is 0 Å². The molecule has 0 radical (unpaired) electrons. The summed E-state index contributed by atoms with van der Waals surface area (Å²) in [6, 6.07) is 53.3. The van der Waals surface area contributed by atoms with E-state index in [1.807, 2.05) is 12.1 Å². The molecule has 6 aromatic carbocycles. The third kappa shape index (κ3) is 4.99. The molecule has 0 spiro atoms. The molecule has 0 saturated heterocycles. The lowest BCUT2D eigenvalue weighted by Gasteiger charge is -2.16. The monoisotopic (exact) mass is 578 g/mol. The van der Waals surface area contributed by atoms with Crippen molar-refractivity contribution in [1.29, 1.82) is 0 Å². The van der Waals surface area contributed by atoms with Gasteiger partial charge < -0.3 is 4.42 Å². The summed E-state index contributed by atoms with van der Waals surface area (Å²) in [7, 11) is 0. The normalized spacial score (nSPS) is 11.3. The van der Waals surface area contributed by atoms with Gasteiger partial charge in [0.15, 0.2) is 11.5 Å². The molecule has 0 aliphatic heterocycles. The summed E-state index contributed by atoms with van der Waals surface area (Å²) in [6.45, 7) is 2.07. The van der Waals surface area contributed by atoms with Crippen molar-refractivity contribution >= 4 is 21.9 Å². The van der Waals surface area contributed by atoms with Gasteiger partial charge in [0, 0.05) is 23.1 Å². The number of fused-ring (bicyclic) bond motifs is 2. The molecular formula is C42H30N2O. The Balaban J connectivity index is 1.35. The maximum atomic E-state index is 6.07. The number of pyridine rings is 1. The number of rotatable bonds is 6. The van der Waals surface area contributed by atoms with Gasteiger partial charge in [0.05, 0.1) is 11.4 Å². The molecule has 0 bridgehead atoms. The fraction of sp³-hybridized carbons (Fsp3) is 0.0476. The number of aromatic nitrogens is 2. The fourth-order valence-electron chi connectivity index (χ4n) is 6.24. The second kappa shape index (κ2) is 11.4. The van der Waals surface area contributed by atoms with Crippen molar-refractivity contribution in [3.8, 4) is 55.9 Å². The molecule has 0 aliphatic rings. The van der Waals surface area contributed by atoms with Crippen molar-refractivity contribution in [2.45, 2.75) is 13.3 Å². The molecule has 0 atom stereocenters. The van der Waals surface area contributed by atoms with Gasteiger partial charge in [0.25, 0.3) is 0 Å². The van der Waals surface area contributed by atoms with Crippen LogP contribution < -0.4 is 0 Å². The Morgan fingerprint density at radius 3 is 1.96 bits per heavy atom. The maximum Gasteiger partial charge on any atom is 0.195 e. The second-order valence-electron chi connectivity index (χ2n) is 11.3. The van der Waals surface area contributed by atoms with Crippen LogP contribution >= 0.6 is 0 Å². The van der Waals surface area contributed by atoms with E-state index in [1.54, 1.807) is 0 Å². The van der Waals surface area contributed by atoms with E-state index in [2.05, 4.69) is 146 Å². The van der Waals surface area contributed by atoms with E-state index in [9.17, 15) is 0 Å². The molecule has 2 aromatic heterocycles. The first-order valence-electron chi connectivity index (χ1n) is 15.4. The summed E-state index contributed by atoms with van der Waals surface area (Å²) >= 11 is 0. The third-order valence-electron chi connectivity index (χ3n) is 8.43. The van der Waals surface area contributed by atoms with E-state index in [-0.39, 0.29) is 0 Å². The SMILES string of the molecule is CCc1nc2c(-c3ccc4ccccc4c3-c3cccc(-c4cc(-c5ccccc5)cc(-c5ccccc5)n4)c3)cccc2o1. The molecule has 0 N–H and O–H groups in total. The van der Waals surface area contributed by atoms with Crippen molar-refractivity contribution in [3.05, 3.63) is 158 Å². The number of nitrogens with zero attached hydrogens (tertiary/aromatic N) is 2. The standard InChI is InChI=1S/C42H30N2O/c1-2-40-44-42-36(21-12-22-39(42)45-40)35-24-23-29-15-9-10-20-34(29)41(35)32-19-11-18-31(25-32)38-27-33(28-13-5-3-6-14-28)26-37(43-38)30-16-7-4-8-17-30/h3-27H,2H2,1H3. The number of para-hydroxylation sites is 1. The minimum absolute atomic E-state index is 0.750. The highest BCUT2D eigenvalue weighted by Crippen LogP contribution is 2.42. The Bertz CT molecular complexity index is 2240. The molecule has 45 heavy (non-hydrogen) atoms. The molecule has 3 heteroatoms. The first-order chi connectivity index (χ1) is 22.2. The van der Waals surface area contributed by atoms with Crippen LogP contribution in [0, 0.1) is 0 Å². The zero-order valence-corrected chi connectivity index (χ0v) is 24.9. The highest BCUT2D eigenvalue weighted by molar-refractivity contribution is 6.07. The van der Waals surface area contributed by atoms with Crippen LogP contribution in [0.5, 0.6) is 0 Å². The van der Waals surface area contributed by atoms with Crippen LogP contribution in [0.15, 0.2) is 156 Å². The number of hydrogen-bond acceptors (Lipinski definition) is 3. The molecule has 0 saturated carbocycles. The van der Waals surface area contributed by atoms with Gasteiger partial charge in [-0.1, -0.05) is 134 Å². The van der Waals surface area contributed by atoms with E-state index >= 15 is 0 Å². The zero-order valence-electron chi connectivity index (χ0n) is 24.9. The van der Waals surface area contributed by atoms with Crippen LogP contribution in [-0.4, -0.2) is 9.97 Å². The second-order valence-corrected chi connectivity index (χ2v) is 11.3. The number of oxazole rings is 1. The summed E-state index contributed by atoms with van der Waals surface area (Å²) in [5.74, 6) is 0.750. The molecular weight excluding hydrogens is 548 g/mol. The molecule has 0 fully saturated rings. The van der Waals surface area contributed by atoms with Gasteiger partial charge in [-0.2, -0.15) is 0 Å². The minimum atomic E-state index is 0.750. The molecule has 8 aromatic rings. The van der Waals surface area contributed by atoms with E-state index in [1.165, 1.54) is 16.3 Å². The Kier molecular flexibility index (Phi) is 6.77. The Hall–Kier alpha value is -5.80. The smallest absolute Gasteiger partial charge is 0.195 e. The summed E-state index contributed by atoms with van der Waals surface area (Å²) < 4.78 is 6.07. The van der Waals surface area contributed by atoms with Crippen LogP contribution in [-0.2, 0) is 6.42 Å². The first kappa shape index (κ1) is 26.8. The van der Waals surface area contributed by atoms with Crippen LogP contribution in [0.4, 0.5) is 0 Å². The topological polar surface area (TPSA) is 38.9 Å². The highest BCUT2D eigenvalue weighted by atomic mass is 16.3. The Morgan fingerprint density at radius 2 is 1.16 bits per heavy atom. The quantitative estimate of drug-likeness (QED) is 0.197. The van der Waals surface area contributed by atoms with Crippen molar-refractivity contribution < 1.29 is 4.42 Å². The van der Waals surface area contributed by atoms with Crippen molar-refractivity contribution in [1.82, 2.24) is 9.97 Å². The summed E-state index contributed by atoms with van der Waals surface area (Å²) in [5, 5.41) is 2.39. The van der Waals surface area contributed by atoms with E-state index in [0.29, 0.717) is 0 Å². The predicted octanol–water partition coefficient (Wildman–Crippen LogP) is 11.3. The van der Waals surface area contributed by atoms with Crippen LogP contribution in [0.2, 0.25) is 0 Å². The number of hydrogen-bond donors (Lipinski definition) is 0. The number of benzene rings is 6. The largest absolute Gasteiger partial charge is 0.441 e. The van der Waals surface area contributed by atoms with Gasteiger partial charge in [-0.25, -0.2) is 9.97 Å². The van der Waals surface area contributed by atoms with E-state index < -0.39 is 0 Å². The summed E-state index contributed by atoms with van der Waals surface area (Å²) in [6.07, 6.45) is 0.751. The van der Waals surface area contributed by atoms with Gasteiger partial charge in [-0.05, 0) is 62.9 Å². The Morgan fingerprint density at radius 1 is 0.489 bits per heavy atom. The molecule has 0 amide bonds. The van der Waals surface area contributed by atoms with Crippen molar-refractivity contribution in [3.63, 3.8) is 0 Å². The Labute approximate surface area is 262 Å². The molecule has 2 heterocycles. The van der Waals surface area contributed by atoms with E-state index in [0.717, 1.165) is 73.7 Å². The predicted molar refractivity (Wildman–Crippen MR) is 186 cm³/mol. The van der Waals surface area contributed by atoms with Gasteiger partial charge in [-0.15, -0.1) is 0 Å². The molecule has 3 nitrogen and oxygen atoms in total. The summed E-state index contributed by atoms with van der Waals surface area (Å²) in [5.41, 5.74) is 12.6. The molecule has 8 rings (SSSR count). The van der Waals surface area contributed by atoms with Crippen LogP contribution in [0.1, 0.15) is 12.8 Å². The zero-order chi connectivity index (χ0) is 30.2. The molecule has 0 unspecified atom stereocenters. The average Bonchev–Trinajstić information content (AvgIpc) is 3.56. The van der Waals surface area contributed by atoms with Gasteiger partial charge >= 0.3 is 0 Å². The average molecular weight is 579 g/mol. The highest BCUT2D eigenvalue weighted by Gasteiger charge is 2.18. The first-order valence-corrected chi connectivity index (χ1v) is 15.4. The van der Waals surface area contributed by atoms with Crippen LogP contribution in [0.25, 0.3) is 77.8 Å². The van der Waals surface area contributed by atoms with E-state index in [4.69, 9.17) is 14.4 Å². The lowest BCUT2D eigenvalue weighted by molar-refractivity contribution is 0.538. The summed E-state index contributed by atoms with van der Waals surface area (Å²) in [4.78, 5) is 10.1.